The Balaban J connectivity index is 1.95. The maximum absolute atomic E-state index is 4.73. The summed E-state index contributed by atoms with van der Waals surface area (Å²) in [5.41, 5.74) is 3.87. The second kappa shape index (κ2) is 8.09. The summed E-state index contributed by atoms with van der Waals surface area (Å²) in [6.07, 6.45) is 2.31. The minimum absolute atomic E-state index is 0.676. The van der Waals surface area contributed by atoms with Crippen molar-refractivity contribution >= 4 is 22.5 Å². The van der Waals surface area contributed by atoms with Crippen LogP contribution in [0.2, 0.25) is 0 Å². The molecule has 2 aromatic carbocycles. The standard InChI is InChI=1S/C22H28N2S/c1-5-11-25-22-13-17(4)23-24(22)15-20-8-6-7-19-10-9-18(12-16(2)3)14-21(19)20/h6-10,13-14,16H,5,11-12,15H2,1-4H3. The van der Waals surface area contributed by atoms with Gasteiger partial charge in [0.2, 0.25) is 0 Å². The van der Waals surface area contributed by atoms with Crippen molar-refractivity contribution in [2.24, 2.45) is 5.92 Å². The molecule has 0 bridgehead atoms. The number of benzene rings is 2. The van der Waals surface area contributed by atoms with Crippen LogP contribution in [0.1, 0.15) is 44.0 Å². The normalized spacial score (nSPS) is 11.6. The molecule has 0 atom stereocenters. The molecule has 0 spiro atoms. The van der Waals surface area contributed by atoms with Crippen LogP contribution in [0.25, 0.3) is 10.8 Å². The molecule has 0 aliphatic heterocycles. The SMILES string of the molecule is CCCSc1cc(C)nn1Cc1cccc2ccc(CC(C)C)cc12. The zero-order chi connectivity index (χ0) is 17.8. The first-order chi connectivity index (χ1) is 12.1. The third kappa shape index (κ3) is 4.46. The van der Waals surface area contributed by atoms with Crippen molar-refractivity contribution in [3.8, 4) is 0 Å². The Bertz CT molecular complexity index is 848. The summed E-state index contributed by atoms with van der Waals surface area (Å²) < 4.78 is 2.17. The Hall–Kier alpha value is -1.74. The van der Waals surface area contributed by atoms with Crippen LogP contribution >= 0.6 is 11.8 Å². The first-order valence-corrected chi connectivity index (χ1v) is 10.2. The molecule has 0 aliphatic carbocycles. The first-order valence-electron chi connectivity index (χ1n) is 9.24. The van der Waals surface area contributed by atoms with Crippen molar-refractivity contribution in [3.63, 3.8) is 0 Å². The first kappa shape index (κ1) is 18.1. The van der Waals surface area contributed by atoms with E-state index in [9.17, 15) is 0 Å². The largest absolute Gasteiger partial charge is 0.254 e. The number of aryl methyl sites for hydroxylation is 1. The van der Waals surface area contributed by atoms with E-state index in [2.05, 4.69) is 74.8 Å². The Morgan fingerprint density at radius 3 is 2.72 bits per heavy atom. The van der Waals surface area contributed by atoms with Crippen molar-refractivity contribution in [2.45, 2.75) is 52.1 Å². The number of aromatic nitrogens is 2. The summed E-state index contributed by atoms with van der Waals surface area (Å²) in [7, 11) is 0. The highest BCUT2D eigenvalue weighted by molar-refractivity contribution is 7.99. The van der Waals surface area contributed by atoms with Gasteiger partial charge in [-0.05, 0) is 59.4 Å². The lowest BCUT2D eigenvalue weighted by atomic mass is 9.97. The van der Waals surface area contributed by atoms with Gasteiger partial charge in [-0.2, -0.15) is 5.10 Å². The van der Waals surface area contributed by atoms with Gasteiger partial charge in [-0.15, -0.1) is 11.8 Å². The average Bonchev–Trinajstić information content (AvgIpc) is 2.92. The molecule has 0 amide bonds. The molecular formula is C22H28N2S. The summed E-state index contributed by atoms with van der Waals surface area (Å²) in [5, 5.41) is 8.68. The predicted octanol–water partition coefficient (Wildman–Crippen LogP) is 6.09. The Labute approximate surface area is 155 Å². The molecule has 1 aromatic heterocycles. The molecule has 0 aliphatic rings. The van der Waals surface area contributed by atoms with Crippen LogP contribution in [0.3, 0.4) is 0 Å². The number of fused-ring (bicyclic) bond motifs is 1. The molecular weight excluding hydrogens is 324 g/mol. The van der Waals surface area contributed by atoms with Gasteiger partial charge in [-0.3, -0.25) is 4.68 Å². The fourth-order valence-corrected chi connectivity index (χ4v) is 4.16. The van der Waals surface area contributed by atoms with Gasteiger partial charge >= 0.3 is 0 Å². The monoisotopic (exact) mass is 352 g/mol. The van der Waals surface area contributed by atoms with Gasteiger partial charge < -0.3 is 0 Å². The molecule has 0 saturated heterocycles. The second-order valence-electron chi connectivity index (χ2n) is 7.20. The van der Waals surface area contributed by atoms with E-state index >= 15 is 0 Å². The minimum Gasteiger partial charge on any atom is -0.254 e. The summed E-state index contributed by atoms with van der Waals surface area (Å²) >= 11 is 1.90. The molecule has 132 valence electrons. The maximum atomic E-state index is 4.73. The van der Waals surface area contributed by atoms with E-state index in [1.807, 2.05) is 11.8 Å². The van der Waals surface area contributed by atoms with Crippen molar-refractivity contribution in [2.75, 3.05) is 5.75 Å². The molecule has 2 nitrogen and oxygen atoms in total. The minimum atomic E-state index is 0.676. The molecule has 0 unspecified atom stereocenters. The number of hydrogen-bond donors (Lipinski definition) is 0. The molecule has 3 heteroatoms. The van der Waals surface area contributed by atoms with Gasteiger partial charge in [0.1, 0.15) is 0 Å². The van der Waals surface area contributed by atoms with Crippen LogP contribution in [0.4, 0.5) is 0 Å². The fourth-order valence-electron chi connectivity index (χ4n) is 3.24. The van der Waals surface area contributed by atoms with Crippen molar-refractivity contribution in [1.29, 1.82) is 0 Å². The average molecular weight is 353 g/mol. The smallest absolute Gasteiger partial charge is 0.0946 e. The lowest BCUT2D eigenvalue weighted by molar-refractivity contribution is 0.627. The number of hydrogen-bond acceptors (Lipinski definition) is 2. The van der Waals surface area contributed by atoms with E-state index in [0.29, 0.717) is 5.92 Å². The topological polar surface area (TPSA) is 17.8 Å². The second-order valence-corrected chi connectivity index (χ2v) is 8.32. The molecule has 3 aromatic rings. The predicted molar refractivity (Wildman–Crippen MR) is 110 cm³/mol. The van der Waals surface area contributed by atoms with Crippen LogP contribution in [0.15, 0.2) is 47.5 Å². The van der Waals surface area contributed by atoms with Crippen LogP contribution in [-0.4, -0.2) is 15.5 Å². The molecule has 0 N–H and O–H groups in total. The zero-order valence-electron chi connectivity index (χ0n) is 15.7. The van der Waals surface area contributed by atoms with Crippen LogP contribution < -0.4 is 0 Å². The molecule has 1 heterocycles. The highest BCUT2D eigenvalue weighted by Gasteiger charge is 2.09. The quantitative estimate of drug-likeness (QED) is 0.479. The van der Waals surface area contributed by atoms with Gasteiger partial charge in [0.05, 0.1) is 17.3 Å². The van der Waals surface area contributed by atoms with Crippen LogP contribution in [-0.2, 0) is 13.0 Å². The van der Waals surface area contributed by atoms with E-state index in [0.717, 1.165) is 24.4 Å². The Morgan fingerprint density at radius 1 is 1.12 bits per heavy atom. The number of nitrogens with zero attached hydrogens (tertiary/aromatic N) is 2. The van der Waals surface area contributed by atoms with E-state index in [1.54, 1.807) is 0 Å². The van der Waals surface area contributed by atoms with E-state index < -0.39 is 0 Å². The van der Waals surface area contributed by atoms with Crippen molar-refractivity contribution in [1.82, 2.24) is 9.78 Å². The van der Waals surface area contributed by atoms with Gasteiger partial charge in [0.15, 0.2) is 0 Å². The van der Waals surface area contributed by atoms with Gasteiger partial charge in [-0.1, -0.05) is 57.2 Å². The zero-order valence-corrected chi connectivity index (χ0v) is 16.6. The summed E-state index contributed by atoms with van der Waals surface area (Å²) in [6, 6.07) is 15.7. The van der Waals surface area contributed by atoms with Crippen molar-refractivity contribution < 1.29 is 0 Å². The Kier molecular flexibility index (Phi) is 5.85. The van der Waals surface area contributed by atoms with Gasteiger partial charge in [0.25, 0.3) is 0 Å². The maximum Gasteiger partial charge on any atom is 0.0946 e. The number of thioether (sulfide) groups is 1. The molecule has 0 fully saturated rings. The molecule has 0 saturated carbocycles. The van der Waals surface area contributed by atoms with Crippen LogP contribution in [0.5, 0.6) is 0 Å². The highest BCUT2D eigenvalue weighted by Crippen LogP contribution is 2.25. The van der Waals surface area contributed by atoms with E-state index in [1.165, 1.54) is 33.3 Å². The van der Waals surface area contributed by atoms with Gasteiger partial charge in [-0.25, -0.2) is 0 Å². The third-order valence-corrected chi connectivity index (χ3v) is 5.56. The highest BCUT2D eigenvalue weighted by atomic mass is 32.2. The van der Waals surface area contributed by atoms with Crippen molar-refractivity contribution in [3.05, 3.63) is 59.3 Å². The van der Waals surface area contributed by atoms with Gasteiger partial charge in [0, 0.05) is 0 Å². The lowest BCUT2D eigenvalue weighted by Crippen LogP contribution is -2.04. The third-order valence-electron chi connectivity index (χ3n) is 4.32. The summed E-state index contributed by atoms with van der Waals surface area (Å²) in [4.78, 5) is 0. The van der Waals surface area contributed by atoms with Crippen LogP contribution in [0, 0.1) is 12.8 Å². The fraction of sp³-hybridized carbons (Fsp3) is 0.409. The Morgan fingerprint density at radius 2 is 1.96 bits per heavy atom. The molecule has 25 heavy (non-hydrogen) atoms. The molecule has 3 rings (SSSR count). The summed E-state index contributed by atoms with van der Waals surface area (Å²) in [5.74, 6) is 1.81. The van der Waals surface area contributed by atoms with E-state index in [-0.39, 0.29) is 0 Å². The molecule has 0 radical (unpaired) electrons. The lowest BCUT2D eigenvalue weighted by Gasteiger charge is -2.12. The van der Waals surface area contributed by atoms with E-state index in [4.69, 9.17) is 5.10 Å². The number of rotatable bonds is 7. The summed E-state index contributed by atoms with van der Waals surface area (Å²) in [6.45, 7) is 9.69.